The van der Waals surface area contributed by atoms with Gasteiger partial charge in [-0.3, -0.25) is 19.1 Å². The Morgan fingerprint density at radius 3 is 2.45 bits per heavy atom. The Labute approximate surface area is 260 Å². The Hall–Kier alpha value is -4.09. The van der Waals surface area contributed by atoms with Gasteiger partial charge in [-0.2, -0.15) is 5.10 Å². The molecule has 0 radical (unpaired) electrons. The molecule has 2 heterocycles. The molecule has 1 atom stereocenters. The Morgan fingerprint density at radius 2 is 1.75 bits per heavy atom. The lowest BCUT2D eigenvalue weighted by molar-refractivity contribution is -0.134. The molecule has 2 aromatic rings. The lowest BCUT2D eigenvalue weighted by Crippen LogP contribution is -2.49. The third kappa shape index (κ3) is 10.3. The molecule has 1 aromatic heterocycles. The predicted molar refractivity (Wildman–Crippen MR) is 166 cm³/mol. The molecule has 0 bridgehead atoms. The number of fused-ring (bicyclic) bond motifs is 1. The van der Waals surface area contributed by atoms with Crippen LogP contribution in [0.15, 0.2) is 42.7 Å². The lowest BCUT2D eigenvalue weighted by atomic mass is 10.1. The van der Waals surface area contributed by atoms with Crippen LogP contribution in [0.5, 0.6) is 5.75 Å². The first-order valence-electron chi connectivity index (χ1n) is 15.3. The number of likely N-dealkylation sites (N-methyl/N-ethyl adjacent to an activating group) is 3. The summed E-state index contributed by atoms with van der Waals surface area (Å²) in [6.45, 7) is 7.79. The van der Waals surface area contributed by atoms with Crippen molar-refractivity contribution in [1.29, 1.82) is 0 Å². The minimum Gasteiger partial charge on any atom is -0.493 e. The molecule has 242 valence electrons. The van der Waals surface area contributed by atoms with Crippen molar-refractivity contribution in [3.63, 3.8) is 0 Å². The molecule has 4 amide bonds. The molecule has 0 saturated heterocycles. The number of rotatable bonds is 6. The van der Waals surface area contributed by atoms with E-state index in [0.717, 1.165) is 0 Å². The largest absolute Gasteiger partial charge is 0.493 e. The monoisotopic (exact) mass is 612 g/mol. The van der Waals surface area contributed by atoms with E-state index in [1.54, 1.807) is 83.3 Å². The smallest absolute Gasteiger partial charge is 0.410 e. The summed E-state index contributed by atoms with van der Waals surface area (Å²) in [4.78, 5) is 59.5. The lowest BCUT2D eigenvalue weighted by Gasteiger charge is -2.32. The van der Waals surface area contributed by atoms with Gasteiger partial charge in [0.1, 0.15) is 23.9 Å². The van der Waals surface area contributed by atoms with E-state index in [4.69, 9.17) is 9.47 Å². The highest BCUT2D eigenvalue weighted by atomic mass is 16.6. The van der Waals surface area contributed by atoms with Gasteiger partial charge in [0.25, 0.3) is 5.91 Å². The van der Waals surface area contributed by atoms with Crippen LogP contribution >= 0.6 is 0 Å². The number of carbonyl (C=O) groups excluding carboxylic acids is 4. The summed E-state index contributed by atoms with van der Waals surface area (Å²) in [6, 6.07) is 8.01. The van der Waals surface area contributed by atoms with E-state index in [1.807, 2.05) is 20.8 Å². The fourth-order valence-corrected chi connectivity index (χ4v) is 4.96. The fourth-order valence-electron chi connectivity index (χ4n) is 4.96. The van der Waals surface area contributed by atoms with E-state index in [-0.39, 0.29) is 30.4 Å². The first-order valence-corrected chi connectivity index (χ1v) is 15.3. The van der Waals surface area contributed by atoms with Crippen molar-refractivity contribution >= 4 is 23.8 Å². The van der Waals surface area contributed by atoms with Crippen LogP contribution in [0.2, 0.25) is 0 Å². The molecule has 12 nitrogen and oxygen atoms in total. The van der Waals surface area contributed by atoms with Crippen LogP contribution in [0.25, 0.3) is 0 Å². The highest BCUT2D eigenvalue weighted by Crippen LogP contribution is 2.23. The molecule has 1 aromatic carbocycles. The molecule has 3 rings (SSSR count). The number of nitrogens with zero attached hydrogens (tertiary/aromatic N) is 6. The fraction of sp³-hybridized carbons (Fsp3) is 0.594. The third-order valence-electron chi connectivity index (χ3n) is 7.47. The maximum Gasteiger partial charge on any atom is 0.410 e. The van der Waals surface area contributed by atoms with Crippen LogP contribution < -0.4 is 4.74 Å². The Bertz CT molecular complexity index is 1240. The zero-order valence-corrected chi connectivity index (χ0v) is 27.0. The zero-order valence-electron chi connectivity index (χ0n) is 27.0. The predicted octanol–water partition coefficient (Wildman–Crippen LogP) is 3.52. The average Bonchev–Trinajstić information content (AvgIpc) is 3.49. The summed E-state index contributed by atoms with van der Waals surface area (Å²) < 4.78 is 13.2. The minimum absolute atomic E-state index is 0.0916. The van der Waals surface area contributed by atoms with Crippen molar-refractivity contribution in [2.45, 2.75) is 71.1 Å². The molecule has 12 heteroatoms. The number of hydrogen-bond donors (Lipinski definition) is 0. The molecule has 0 N–H and O–H groups in total. The summed E-state index contributed by atoms with van der Waals surface area (Å²) >= 11 is 0. The highest BCUT2D eigenvalue weighted by molar-refractivity contribution is 5.99. The van der Waals surface area contributed by atoms with Crippen LogP contribution in [0.4, 0.5) is 4.79 Å². The van der Waals surface area contributed by atoms with Gasteiger partial charge in [-0.25, -0.2) is 4.79 Å². The molecule has 0 spiro atoms. The van der Waals surface area contributed by atoms with Gasteiger partial charge in [-0.15, -0.1) is 0 Å². The van der Waals surface area contributed by atoms with E-state index >= 15 is 0 Å². The Balaban J connectivity index is 1.76. The maximum absolute atomic E-state index is 13.8. The maximum atomic E-state index is 13.8. The van der Waals surface area contributed by atoms with Crippen LogP contribution in [0.3, 0.4) is 0 Å². The molecule has 1 aliphatic heterocycles. The number of aromatic nitrogens is 2. The van der Waals surface area contributed by atoms with E-state index in [0.29, 0.717) is 76.2 Å². The molecule has 44 heavy (non-hydrogen) atoms. The number of ether oxygens (including phenoxy) is 2. The molecular formula is C32H48N6O6. The van der Waals surface area contributed by atoms with Crippen LogP contribution in [0, 0.1) is 0 Å². The van der Waals surface area contributed by atoms with E-state index in [1.165, 1.54) is 4.90 Å². The summed E-state index contributed by atoms with van der Waals surface area (Å²) in [5.41, 5.74) is -0.254. The van der Waals surface area contributed by atoms with Gasteiger partial charge in [0.2, 0.25) is 11.8 Å². The SMILES string of the molecule is CN(CCC[C@H]1C(=O)N(C)CCCCN(C(=O)OC(C)(C)C)CCCOc2ccccc2C(=O)N1C)C(=O)Cn1cccn1. The van der Waals surface area contributed by atoms with Gasteiger partial charge in [-0.1, -0.05) is 12.1 Å². The molecular weight excluding hydrogens is 564 g/mol. The number of hydrogen-bond acceptors (Lipinski definition) is 7. The number of carbonyl (C=O) groups is 4. The minimum atomic E-state index is -0.735. The Morgan fingerprint density at radius 1 is 1.05 bits per heavy atom. The summed E-state index contributed by atoms with van der Waals surface area (Å²) in [5.74, 6) is -0.173. The van der Waals surface area contributed by atoms with Gasteiger partial charge in [0.15, 0.2) is 0 Å². The summed E-state index contributed by atoms with van der Waals surface area (Å²) in [7, 11) is 5.10. The van der Waals surface area contributed by atoms with Gasteiger partial charge in [0, 0.05) is 59.7 Å². The summed E-state index contributed by atoms with van der Waals surface area (Å²) in [5, 5.41) is 4.09. The van der Waals surface area contributed by atoms with Gasteiger partial charge >= 0.3 is 6.09 Å². The summed E-state index contributed by atoms with van der Waals surface area (Å²) in [6.07, 6.45) is 5.79. The van der Waals surface area contributed by atoms with Crippen LogP contribution in [-0.4, -0.2) is 119 Å². The van der Waals surface area contributed by atoms with Gasteiger partial charge in [-0.05, 0) is 71.1 Å². The molecule has 0 fully saturated rings. The normalized spacial score (nSPS) is 17.6. The van der Waals surface area contributed by atoms with Crippen LogP contribution in [0.1, 0.15) is 63.2 Å². The van der Waals surface area contributed by atoms with E-state index in [2.05, 4.69) is 5.10 Å². The molecule has 0 unspecified atom stereocenters. The van der Waals surface area contributed by atoms with Gasteiger partial charge < -0.3 is 29.1 Å². The van der Waals surface area contributed by atoms with Crippen molar-refractivity contribution in [2.24, 2.45) is 0 Å². The second kappa shape index (κ2) is 16.1. The van der Waals surface area contributed by atoms with E-state index < -0.39 is 11.6 Å². The zero-order chi connectivity index (χ0) is 32.3. The average molecular weight is 613 g/mol. The Kier molecular flexibility index (Phi) is 12.6. The van der Waals surface area contributed by atoms with Crippen molar-refractivity contribution in [3.05, 3.63) is 48.3 Å². The van der Waals surface area contributed by atoms with Crippen molar-refractivity contribution in [2.75, 3.05) is 53.9 Å². The quantitative estimate of drug-likeness (QED) is 0.490. The third-order valence-corrected chi connectivity index (χ3v) is 7.47. The number of para-hydroxylation sites is 1. The number of amides is 4. The van der Waals surface area contributed by atoms with Crippen LogP contribution in [-0.2, 0) is 20.9 Å². The molecule has 0 aliphatic carbocycles. The molecule has 0 saturated carbocycles. The second-order valence-electron chi connectivity index (χ2n) is 12.2. The standard InChI is InChI=1S/C32H48N6O6/c1-32(2,3)44-31(42)37-20-10-9-18-35(5)30(41)26(15-11-19-34(4)28(39)24-38-22-12-17-33-38)36(6)29(40)25-14-7-8-16-27(25)43-23-13-21-37/h7-8,12,14,16-17,22,26H,9-11,13,15,18-21,23-24H2,1-6H3/t26-/m0/s1. The first kappa shape index (κ1) is 34.4. The van der Waals surface area contributed by atoms with Gasteiger partial charge in [0.05, 0.1) is 12.2 Å². The molecule has 1 aliphatic rings. The first-order chi connectivity index (χ1) is 20.9. The number of benzene rings is 1. The van der Waals surface area contributed by atoms with Crippen molar-refractivity contribution < 1.29 is 28.7 Å². The second-order valence-corrected chi connectivity index (χ2v) is 12.2. The van der Waals surface area contributed by atoms with Crippen molar-refractivity contribution in [1.82, 2.24) is 29.4 Å². The highest BCUT2D eigenvalue weighted by Gasteiger charge is 2.31. The van der Waals surface area contributed by atoms with E-state index in [9.17, 15) is 19.2 Å². The van der Waals surface area contributed by atoms with Crippen molar-refractivity contribution in [3.8, 4) is 5.75 Å². The topological polar surface area (TPSA) is 118 Å².